The van der Waals surface area contributed by atoms with Gasteiger partial charge in [0.25, 0.3) is 0 Å². The number of anilines is 1. The molecule has 0 heterocycles. The van der Waals surface area contributed by atoms with Crippen LogP contribution in [-0.4, -0.2) is 27.2 Å². The summed E-state index contributed by atoms with van der Waals surface area (Å²) < 4.78 is 0. The van der Waals surface area contributed by atoms with Crippen molar-refractivity contribution in [3.05, 3.63) is 26.0 Å². The molecular formula is C13H22N2O2. The lowest BCUT2D eigenvalue weighted by Gasteiger charge is -2.29. The van der Waals surface area contributed by atoms with Gasteiger partial charge in [0.05, 0.1) is 5.69 Å². The van der Waals surface area contributed by atoms with Gasteiger partial charge in [-0.1, -0.05) is 20.8 Å². The minimum atomic E-state index is -0.332. The summed E-state index contributed by atoms with van der Waals surface area (Å²) in [5.41, 5.74) is 0.389. The fraction of sp³-hybridized carbons (Fsp3) is 0.692. The molecule has 0 atom stereocenters. The Balaban J connectivity index is 2.88. The fourth-order valence-corrected chi connectivity index (χ4v) is 2.04. The summed E-state index contributed by atoms with van der Waals surface area (Å²) in [6.45, 7) is 7.59. The van der Waals surface area contributed by atoms with Gasteiger partial charge in [0.15, 0.2) is 0 Å². The van der Waals surface area contributed by atoms with Crippen molar-refractivity contribution in [3.63, 3.8) is 0 Å². The molecule has 1 aromatic rings. The Morgan fingerprint density at radius 1 is 1.18 bits per heavy atom. The summed E-state index contributed by atoms with van der Waals surface area (Å²) in [5, 5.41) is 3.06. The molecule has 0 spiro atoms. The third-order valence-corrected chi connectivity index (χ3v) is 2.94. The standard InChI is InChI=1S/C13H22N2O2/c1-13(2,3)9-10(12(17)11(9)16)15(5)8-6-7-14-4/h14H,6-8H2,1-5H3. The van der Waals surface area contributed by atoms with E-state index in [1.165, 1.54) is 0 Å². The zero-order valence-electron chi connectivity index (χ0n) is 11.4. The van der Waals surface area contributed by atoms with Gasteiger partial charge >= 0.3 is 0 Å². The Morgan fingerprint density at radius 2 is 1.76 bits per heavy atom. The van der Waals surface area contributed by atoms with E-state index in [2.05, 4.69) is 5.32 Å². The van der Waals surface area contributed by atoms with Gasteiger partial charge in [-0.05, 0) is 25.4 Å². The van der Waals surface area contributed by atoms with Crippen LogP contribution in [0.3, 0.4) is 0 Å². The second-order valence-corrected chi connectivity index (χ2v) is 5.51. The van der Waals surface area contributed by atoms with Gasteiger partial charge in [0, 0.05) is 19.2 Å². The first-order valence-electron chi connectivity index (χ1n) is 6.00. The van der Waals surface area contributed by atoms with Crippen molar-refractivity contribution in [2.45, 2.75) is 32.6 Å². The summed E-state index contributed by atoms with van der Waals surface area (Å²) in [7, 11) is 3.78. The van der Waals surface area contributed by atoms with Crippen molar-refractivity contribution >= 4 is 5.69 Å². The SMILES string of the molecule is CNCCCN(C)c1c(C(C)(C)C)c(=O)c1=O. The second kappa shape index (κ2) is 5.00. The molecule has 17 heavy (non-hydrogen) atoms. The zero-order chi connectivity index (χ0) is 13.2. The van der Waals surface area contributed by atoms with Gasteiger partial charge in [-0.3, -0.25) is 9.59 Å². The maximum absolute atomic E-state index is 11.6. The first-order valence-corrected chi connectivity index (χ1v) is 6.00. The van der Waals surface area contributed by atoms with Crippen LogP contribution in [0.25, 0.3) is 0 Å². The maximum Gasteiger partial charge on any atom is 0.249 e. The van der Waals surface area contributed by atoms with Crippen molar-refractivity contribution in [3.8, 4) is 0 Å². The third kappa shape index (κ3) is 2.75. The van der Waals surface area contributed by atoms with Crippen LogP contribution < -0.4 is 21.1 Å². The number of nitrogens with zero attached hydrogens (tertiary/aromatic N) is 1. The second-order valence-electron chi connectivity index (χ2n) is 5.51. The molecule has 0 saturated heterocycles. The molecule has 0 aliphatic heterocycles. The Labute approximate surface area is 102 Å². The molecule has 1 rings (SSSR count). The summed E-state index contributed by atoms with van der Waals surface area (Å²) in [4.78, 5) is 25.1. The molecular weight excluding hydrogens is 216 g/mol. The van der Waals surface area contributed by atoms with Crippen molar-refractivity contribution in [2.75, 3.05) is 32.1 Å². The molecule has 1 N–H and O–H groups in total. The molecule has 4 heteroatoms. The number of hydrogen-bond acceptors (Lipinski definition) is 4. The minimum Gasteiger partial charge on any atom is -0.371 e. The molecule has 0 saturated carbocycles. The molecule has 4 nitrogen and oxygen atoms in total. The Hall–Kier alpha value is -1.16. The highest BCUT2D eigenvalue weighted by atomic mass is 16.2. The Morgan fingerprint density at radius 3 is 2.24 bits per heavy atom. The molecule has 0 aromatic heterocycles. The first kappa shape index (κ1) is 13.9. The van der Waals surface area contributed by atoms with Gasteiger partial charge in [-0.15, -0.1) is 0 Å². The number of rotatable bonds is 5. The number of nitrogens with one attached hydrogen (secondary N) is 1. The lowest BCUT2D eigenvalue weighted by molar-refractivity contribution is 0.574. The molecule has 0 aliphatic rings. The monoisotopic (exact) mass is 238 g/mol. The van der Waals surface area contributed by atoms with Crippen molar-refractivity contribution in [1.82, 2.24) is 5.32 Å². The summed E-state index contributed by atoms with van der Waals surface area (Å²) in [6, 6.07) is 0. The topological polar surface area (TPSA) is 49.4 Å². The highest BCUT2D eigenvalue weighted by Gasteiger charge is 2.31. The first-order chi connectivity index (χ1) is 7.80. The highest BCUT2D eigenvalue weighted by Crippen LogP contribution is 2.27. The molecule has 96 valence electrons. The van der Waals surface area contributed by atoms with Gasteiger partial charge in [0.2, 0.25) is 10.9 Å². The summed E-state index contributed by atoms with van der Waals surface area (Å²) >= 11 is 0. The molecule has 1 aromatic carbocycles. The lowest BCUT2D eigenvalue weighted by atomic mass is 9.82. The summed E-state index contributed by atoms with van der Waals surface area (Å²) in [6.07, 6.45) is 0.954. The van der Waals surface area contributed by atoms with Crippen LogP contribution in [0.1, 0.15) is 32.8 Å². The van der Waals surface area contributed by atoms with E-state index in [0.717, 1.165) is 19.5 Å². The van der Waals surface area contributed by atoms with Crippen LogP contribution in [0.4, 0.5) is 5.69 Å². The van der Waals surface area contributed by atoms with E-state index >= 15 is 0 Å². The lowest BCUT2D eigenvalue weighted by Crippen LogP contribution is -2.46. The molecule has 0 bridgehead atoms. The molecule has 0 aliphatic carbocycles. The minimum absolute atomic E-state index is 0.252. The van der Waals surface area contributed by atoms with Crippen LogP contribution >= 0.6 is 0 Å². The van der Waals surface area contributed by atoms with Gasteiger partial charge in [-0.25, -0.2) is 0 Å². The normalized spacial score (nSPS) is 12.1. The predicted octanol–water partition coefficient (Wildman–Crippen LogP) is 0.626. The quantitative estimate of drug-likeness (QED) is 0.604. The fourth-order valence-electron chi connectivity index (χ4n) is 2.04. The van der Waals surface area contributed by atoms with Crippen molar-refractivity contribution in [1.29, 1.82) is 0 Å². The van der Waals surface area contributed by atoms with Crippen LogP contribution in [0.2, 0.25) is 0 Å². The van der Waals surface area contributed by atoms with Crippen molar-refractivity contribution in [2.24, 2.45) is 0 Å². The average molecular weight is 238 g/mol. The van der Waals surface area contributed by atoms with E-state index in [1.807, 2.05) is 39.8 Å². The van der Waals surface area contributed by atoms with Crippen molar-refractivity contribution < 1.29 is 0 Å². The summed E-state index contributed by atoms with van der Waals surface area (Å²) in [5.74, 6) is 0. The average Bonchev–Trinajstić information content (AvgIpc) is 2.22. The smallest absolute Gasteiger partial charge is 0.249 e. The highest BCUT2D eigenvalue weighted by molar-refractivity contribution is 5.60. The van der Waals surface area contributed by atoms with Crippen LogP contribution in [0.15, 0.2) is 9.59 Å². The maximum atomic E-state index is 11.6. The van der Waals surface area contributed by atoms with E-state index in [-0.39, 0.29) is 16.3 Å². The Kier molecular flexibility index (Phi) is 4.09. The third-order valence-electron chi connectivity index (χ3n) is 2.94. The molecule has 0 amide bonds. The molecule has 0 fully saturated rings. The van der Waals surface area contributed by atoms with Crippen LogP contribution in [-0.2, 0) is 5.41 Å². The van der Waals surface area contributed by atoms with Gasteiger partial charge in [-0.2, -0.15) is 0 Å². The Bertz CT molecular complexity index is 450. The molecule has 0 radical (unpaired) electrons. The molecule has 0 unspecified atom stereocenters. The van der Waals surface area contributed by atoms with Crippen LogP contribution in [0, 0.1) is 0 Å². The number of hydrogen-bond donors (Lipinski definition) is 1. The largest absolute Gasteiger partial charge is 0.371 e. The van der Waals surface area contributed by atoms with Crippen LogP contribution in [0.5, 0.6) is 0 Å². The predicted molar refractivity (Wildman–Crippen MR) is 71.9 cm³/mol. The van der Waals surface area contributed by atoms with E-state index in [9.17, 15) is 9.59 Å². The zero-order valence-corrected chi connectivity index (χ0v) is 11.4. The van der Waals surface area contributed by atoms with Gasteiger partial charge < -0.3 is 10.2 Å². The van der Waals surface area contributed by atoms with E-state index in [0.29, 0.717) is 11.3 Å². The van der Waals surface area contributed by atoms with E-state index in [4.69, 9.17) is 0 Å². The van der Waals surface area contributed by atoms with Gasteiger partial charge in [0.1, 0.15) is 0 Å². The van der Waals surface area contributed by atoms with E-state index < -0.39 is 0 Å². The van der Waals surface area contributed by atoms with E-state index in [1.54, 1.807) is 0 Å².